The summed E-state index contributed by atoms with van der Waals surface area (Å²) in [5, 5.41) is 15.6. The summed E-state index contributed by atoms with van der Waals surface area (Å²) >= 11 is 9.37. The Kier molecular flexibility index (Phi) is 6.80. The Morgan fingerprint density at radius 1 is 1.29 bits per heavy atom. The van der Waals surface area contributed by atoms with E-state index < -0.39 is 19.5 Å². The summed E-state index contributed by atoms with van der Waals surface area (Å²) < 4.78 is 6.25. The molecule has 128 valence electrons. The molecule has 0 spiro atoms. The first-order valence-electron chi connectivity index (χ1n) is 7.14. The second kappa shape index (κ2) is 7.98. The fraction of sp³-hybridized carbons (Fsp3) is 0.467. The van der Waals surface area contributed by atoms with Gasteiger partial charge in [0.25, 0.3) is 5.69 Å². The summed E-state index contributed by atoms with van der Waals surface area (Å²) in [4.78, 5) is 18.6. The maximum absolute atomic E-state index is 11.1. The summed E-state index contributed by atoms with van der Waals surface area (Å²) in [6.45, 7) is 10.4. The van der Waals surface area contributed by atoms with Crippen LogP contribution in [0.5, 0.6) is 0 Å². The number of nitro groups is 1. The smallest absolute Gasteiger partial charge is 0.270 e. The molecule has 6 nitrogen and oxygen atoms in total. The molecule has 0 radical (unpaired) electrons. The van der Waals surface area contributed by atoms with Crippen molar-refractivity contribution in [3.8, 4) is 0 Å². The molecular formula is C15H19N3O3S2Si. The maximum Gasteiger partial charge on any atom is 0.270 e. The number of rotatable bonds is 6. The number of isothiocyanates is 2. The zero-order valence-corrected chi connectivity index (χ0v) is 16.8. The van der Waals surface area contributed by atoms with E-state index in [-0.39, 0.29) is 10.7 Å². The van der Waals surface area contributed by atoms with Gasteiger partial charge in [-0.1, -0.05) is 20.8 Å². The zero-order chi connectivity index (χ0) is 18.5. The largest absolute Gasteiger partial charge is 0.392 e. The second-order valence-corrected chi connectivity index (χ2v) is 11.8. The quantitative estimate of drug-likeness (QED) is 0.215. The highest BCUT2D eigenvalue weighted by Crippen LogP contribution is 2.42. The van der Waals surface area contributed by atoms with Crippen molar-refractivity contribution in [1.29, 1.82) is 0 Å². The number of nitrogens with zero attached hydrogens (tertiary/aromatic N) is 3. The van der Waals surface area contributed by atoms with Crippen LogP contribution in [0.25, 0.3) is 0 Å². The first kappa shape index (κ1) is 20.4. The molecule has 0 saturated carbocycles. The molecule has 1 aromatic carbocycles. The number of aliphatic imine (C=N–C) groups is 2. The highest BCUT2D eigenvalue weighted by molar-refractivity contribution is 7.78. The third-order valence-corrected chi connectivity index (χ3v) is 8.66. The van der Waals surface area contributed by atoms with E-state index in [4.69, 9.17) is 16.6 Å². The number of hydrogen-bond acceptors (Lipinski definition) is 7. The van der Waals surface area contributed by atoms with Gasteiger partial charge in [-0.2, -0.15) is 9.98 Å². The lowest BCUT2D eigenvalue weighted by molar-refractivity contribution is -0.385. The minimum Gasteiger partial charge on any atom is -0.392 e. The van der Waals surface area contributed by atoms with Gasteiger partial charge in [0.05, 0.1) is 20.9 Å². The van der Waals surface area contributed by atoms with E-state index in [9.17, 15) is 10.1 Å². The van der Waals surface area contributed by atoms with Gasteiger partial charge in [0.1, 0.15) is 0 Å². The average molecular weight is 382 g/mol. The fourth-order valence-electron chi connectivity index (χ4n) is 1.67. The minimum atomic E-state index is -2.22. The third-order valence-electron chi connectivity index (χ3n) is 4.04. The van der Waals surface area contributed by atoms with E-state index in [0.717, 1.165) is 0 Å². The molecule has 1 rings (SSSR count). The van der Waals surface area contributed by atoms with Gasteiger partial charge in [-0.25, -0.2) is 0 Å². The van der Waals surface area contributed by atoms with Crippen molar-refractivity contribution in [2.75, 3.05) is 0 Å². The molecule has 0 bridgehead atoms. The predicted octanol–water partition coefficient (Wildman–Crippen LogP) is 5.45. The Labute approximate surface area is 152 Å². The Bertz CT molecular complexity index is 734. The summed E-state index contributed by atoms with van der Waals surface area (Å²) in [6, 6.07) is 4.21. The van der Waals surface area contributed by atoms with Crippen LogP contribution < -0.4 is 0 Å². The SMILES string of the molecule is CC(C)(C)[Si](C)(C)OC(N=C=S)c1cc([N+](=O)[O-])ccc1N=C=S. The standard InChI is InChI=1S/C15H19N3O3S2Si/c1-15(2,3)24(4,5)21-14(17-10-23)12-8-11(18(19)20)6-7-13(12)16-9-22/h6-8,14H,1-5H3. The van der Waals surface area contributed by atoms with Crippen LogP contribution >= 0.6 is 24.4 Å². The van der Waals surface area contributed by atoms with Gasteiger partial charge in [0, 0.05) is 17.7 Å². The lowest BCUT2D eigenvalue weighted by atomic mass is 10.1. The van der Waals surface area contributed by atoms with Crippen LogP contribution in [-0.2, 0) is 4.43 Å². The van der Waals surface area contributed by atoms with Crippen LogP contribution in [0.4, 0.5) is 11.4 Å². The highest BCUT2D eigenvalue weighted by atomic mass is 32.1. The summed E-state index contributed by atoms with van der Waals surface area (Å²) in [5.41, 5.74) is 0.744. The molecule has 0 heterocycles. The Morgan fingerprint density at radius 3 is 2.38 bits per heavy atom. The van der Waals surface area contributed by atoms with E-state index in [1.54, 1.807) is 0 Å². The Balaban J connectivity index is 3.49. The summed E-state index contributed by atoms with van der Waals surface area (Å²) in [5.74, 6) is 0. The number of non-ortho nitro benzene ring substituents is 1. The first-order valence-corrected chi connectivity index (χ1v) is 10.9. The Morgan fingerprint density at radius 2 is 1.92 bits per heavy atom. The van der Waals surface area contributed by atoms with Crippen LogP contribution in [0.15, 0.2) is 28.2 Å². The molecule has 9 heteroatoms. The van der Waals surface area contributed by atoms with Crippen LogP contribution in [0.1, 0.15) is 32.6 Å². The molecule has 1 aromatic rings. The van der Waals surface area contributed by atoms with E-state index >= 15 is 0 Å². The Hall–Kier alpha value is -1.60. The molecular weight excluding hydrogens is 362 g/mol. The van der Waals surface area contributed by atoms with E-state index in [0.29, 0.717) is 11.3 Å². The van der Waals surface area contributed by atoms with Crippen molar-refractivity contribution in [3.63, 3.8) is 0 Å². The molecule has 1 unspecified atom stereocenters. The number of hydrogen-bond donors (Lipinski definition) is 0. The van der Waals surface area contributed by atoms with E-state index in [2.05, 4.69) is 66.4 Å². The molecule has 0 saturated heterocycles. The van der Waals surface area contributed by atoms with Crippen molar-refractivity contribution in [3.05, 3.63) is 33.9 Å². The molecule has 24 heavy (non-hydrogen) atoms. The molecule has 0 N–H and O–H groups in total. The summed E-state index contributed by atoms with van der Waals surface area (Å²) in [7, 11) is -2.22. The van der Waals surface area contributed by atoms with Gasteiger partial charge >= 0.3 is 0 Å². The van der Waals surface area contributed by atoms with Crippen molar-refractivity contribution >= 4 is 54.5 Å². The minimum absolute atomic E-state index is 0.0729. The molecule has 0 aliphatic carbocycles. The predicted molar refractivity (Wildman–Crippen MR) is 104 cm³/mol. The van der Waals surface area contributed by atoms with Crippen molar-refractivity contribution in [1.82, 2.24) is 0 Å². The van der Waals surface area contributed by atoms with Crippen LogP contribution in [-0.4, -0.2) is 23.6 Å². The van der Waals surface area contributed by atoms with Gasteiger partial charge < -0.3 is 4.43 Å². The van der Waals surface area contributed by atoms with Crippen molar-refractivity contribution < 1.29 is 9.35 Å². The summed E-state index contributed by atoms with van der Waals surface area (Å²) in [6.07, 6.45) is -0.828. The van der Waals surface area contributed by atoms with Crippen molar-refractivity contribution in [2.45, 2.75) is 45.1 Å². The van der Waals surface area contributed by atoms with Gasteiger partial charge in [0.2, 0.25) is 0 Å². The number of benzene rings is 1. The van der Waals surface area contributed by atoms with E-state index in [1.165, 1.54) is 18.2 Å². The van der Waals surface area contributed by atoms with Crippen LogP contribution in [0.3, 0.4) is 0 Å². The maximum atomic E-state index is 11.1. The topological polar surface area (TPSA) is 77.1 Å². The fourth-order valence-corrected chi connectivity index (χ4v) is 2.95. The lowest BCUT2D eigenvalue weighted by Crippen LogP contribution is -2.41. The molecule has 1 atom stereocenters. The number of thiocarbonyl (C=S) groups is 2. The highest BCUT2D eigenvalue weighted by Gasteiger charge is 2.40. The molecule has 0 aliphatic heterocycles. The zero-order valence-electron chi connectivity index (χ0n) is 14.2. The van der Waals surface area contributed by atoms with Crippen LogP contribution in [0.2, 0.25) is 18.1 Å². The number of nitro benzene ring substituents is 1. The van der Waals surface area contributed by atoms with Crippen molar-refractivity contribution in [2.24, 2.45) is 9.98 Å². The second-order valence-electron chi connectivity index (χ2n) is 6.65. The molecule has 0 amide bonds. The van der Waals surface area contributed by atoms with Gasteiger partial charge in [0.15, 0.2) is 14.5 Å². The van der Waals surface area contributed by atoms with Gasteiger partial charge in [-0.05, 0) is 48.6 Å². The monoisotopic (exact) mass is 381 g/mol. The lowest BCUT2D eigenvalue weighted by Gasteiger charge is -2.38. The normalized spacial score (nSPS) is 12.7. The van der Waals surface area contributed by atoms with E-state index in [1.807, 2.05) is 0 Å². The van der Waals surface area contributed by atoms with Gasteiger partial charge in [-0.3, -0.25) is 10.1 Å². The molecule has 0 aromatic heterocycles. The molecule has 0 aliphatic rings. The van der Waals surface area contributed by atoms with Gasteiger partial charge in [-0.15, -0.1) is 0 Å². The third kappa shape index (κ3) is 4.94. The first-order chi connectivity index (χ1) is 11.0. The average Bonchev–Trinajstić information content (AvgIpc) is 2.46. The molecule has 0 fully saturated rings. The van der Waals surface area contributed by atoms with Crippen LogP contribution in [0, 0.1) is 10.1 Å².